The fraction of sp³-hybridized carbons (Fsp3) is 0. The monoisotopic (exact) mass is 452 g/mol. The van der Waals surface area contributed by atoms with Crippen LogP contribution in [0.25, 0.3) is 27.9 Å². The molecule has 0 bridgehead atoms. The Bertz CT molecular complexity index is 1590. The molecule has 2 aromatic heterocycles. The first-order chi connectivity index (χ1) is 16.5. The summed E-state index contributed by atoms with van der Waals surface area (Å²) >= 11 is 0. The first kappa shape index (κ1) is 20.8. The minimum absolute atomic E-state index is 0.0932. The standard InChI is InChI=1S/C25H16N4O5/c30-24(26-17-10-12-19(13-11-17)29(32)33)21-15-28(18-7-2-1-3-8-18)27-23(21)20-14-16-6-4-5-9-22(16)34-25(20)31/h1-15H,(H,26,30). The first-order valence-corrected chi connectivity index (χ1v) is 10.2. The molecule has 166 valence electrons. The Morgan fingerprint density at radius 1 is 0.971 bits per heavy atom. The van der Waals surface area contributed by atoms with E-state index in [0.29, 0.717) is 22.3 Å². The molecule has 0 radical (unpaired) electrons. The largest absolute Gasteiger partial charge is 0.422 e. The number of nitrogens with zero attached hydrogens (tertiary/aromatic N) is 3. The van der Waals surface area contributed by atoms with Crippen molar-refractivity contribution in [1.29, 1.82) is 0 Å². The normalized spacial score (nSPS) is 10.8. The highest BCUT2D eigenvalue weighted by molar-refractivity contribution is 6.08. The van der Waals surface area contributed by atoms with Gasteiger partial charge in [-0.2, -0.15) is 5.10 Å². The zero-order valence-electron chi connectivity index (χ0n) is 17.5. The number of benzene rings is 3. The van der Waals surface area contributed by atoms with Crippen LogP contribution in [0.5, 0.6) is 0 Å². The van der Waals surface area contributed by atoms with Gasteiger partial charge in [0.1, 0.15) is 11.3 Å². The van der Waals surface area contributed by atoms with Gasteiger partial charge in [-0.15, -0.1) is 0 Å². The number of anilines is 1. The van der Waals surface area contributed by atoms with Crippen LogP contribution in [0.4, 0.5) is 11.4 Å². The summed E-state index contributed by atoms with van der Waals surface area (Å²) in [6.07, 6.45) is 1.53. The molecule has 0 aliphatic carbocycles. The fourth-order valence-corrected chi connectivity index (χ4v) is 3.54. The lowest BCUT2D eigenvalue weighted by Crippen LogP contribution is -2.14. The van der Waals surface area contributed by atoms with Crippen LogP contribution >= 0.6 is 0 Å². The minimum Gasteiger partial charge on any atom is -0.422 e. The van der Waals surface area contributed by atoms with Crippen LogP contribution in [0.3, 0.4) is 0 Å². The number of rotatable bonds is 5. The summed E-state index contributed by atoms with van der Waals surface area (Å²) in [5.74, 6) is -0.529. The van der Waals surface area contributed by atoms with Crippen molar-refractivity contribution in [3.63, 3.8) is 0 Å². The van der Waals surface area contributed by atoms with Crippen LogP contribution in [0.2, 0.25) is 0 Å². The number of nitro benzene ring substituents is 1. The Morgan fingerprint density at radius 2 is 1.68 bits per heavy atom. The minimum atomic E-state index is -0.624. The fourth-order valence-electron chi connectivity index (χ4n) is 3.54. The van der Waals surface area contributed by atoms with Gasteiger partial charge in [0.2, 0.25) is 0 Å². The van der Waals surface area contributed by atoms with Crippen molar-refractivity contribution in [2.75, 3.05) is 5.32 Å². The van der Waals surface area contributed by atoms with E-state index in [1.807, 2.05) is 36.4 Å². The van der Waals surface area contributed by atoms with E-state index in [4.69, 9.17) is 4.42 Å². The predicted molar refractivity (Wildman–Crippen MR) is 126 cm³/mol. The Morgan fingerprint density at radius 3 is 2.41 bits per heavy atom. The van der Waals surface area contributed by atoms with Gasteiger partial charge in [0.15, 0.2) is 0 Å². The zero-order valence-corrected chi connectivity index (χ0v) is 17.5. The summed E-state index contributed by atoms with van der Waals surface area (Å²) in [4.78, 5) is 36.4. The van der Waals surface area contributed by atoms with Gasteiger partial charge in [-0.05, 0) is 36.4 Å². The van der Waals surface area contributed by atoms with Crippen molar-refractivity contribution in [1.82, 2.24) is 9.78 Å². The molecule has 3 aromatic carbocycles. The maximum atomic E-state index is 13.2. The summed E-state index contributed by atoms with van der Waals surface area (Å²) in [5, 5.41) is 18.8. The summed E-state index contributed by atoms with van der Waals surface area (Å²) in [6.45, 7) is 0. The molecule has 0 atom stereocenters. The third-order valence-electron chi connectivity index (χ3n) is 5.21. The highest BCUT2D eigenvalue weighted by atomic mass is 16.6. The molecule has 9 nitrogen and oxygen atoms in total. The highest BCUT2D eigenvalue weighted by Crippen LogP contribution is 2.26. The summed E-state index contributed by atoms with van der Waals surface area (Å²) < 4.78 is 6.96. The quantitative estimate of drug-likeness (QED) is 0.232. The van der Waals surface area contributed by atoms with E-state index in [2.05, 4.69) is 10.4 Å². The van der Waals surface area contributed by atoms with Gasteiger partial charge in [-0.25, -0.2) is 9.48 Å². The lowest BCUT2D eigenvalue weighted by atomic mass is 10.1. The second kappa shape index (κ2) is 8.47. The SMILES string of the molecule is O=C(Nc1ccc([N+](=O)[O-])cc1)c1cn(-c2ccccc2)nc1-c1cc2ccccc2oc1=O. The molecule has 34 heavy (non-hydrogen) atoms. The number of aromatic nitrogens is 2. The average Bonchev–Trinajstić information content (AvgIpc) is 3.30. The average molecular weight is 452 g/mol. The third kappa shape index (κ3) is 3.93. The van der Waals surface area contributed by atoms with Gasteiger partial charge in [0.05, 0.1) is 21.7 Å². The number of hydrogen-bond donors (Lipinski definition) is 1. The van der Waals surface area contributed by atoms with Gasteiger partial charge < -0.3 is 9.73 Å². The van der Waals surface area contributed by atoms with Crippen molar-refractivity contribution >= 4 is 28.3 Å². The molecule has 5 aromatic rings. The van der Waals surface area contributed by atoms with Crippen molar-refractivity contribution in [2.24, 2.45) is 0 Å². The van der Waals surface area contributed by atoms with E-state index < -0.39 is 16.5 Å². The van der Waals surface area contributed by atoms with E-state index in [0.717, 1.165) is 0 Å². The molecule has 0 aliphatic heterocycles. The van der Waals surface area contributed by atoms with Gasteiger partial charge in [0.25, 0.3) is 11.6 Å². The van der Waals surface area contributed by atoms with Crippen LogP contribution < -0.4 is 10.9 Å². The maximum absolute atomic E-state index is 13.2. The number of fused-ring (bicyclic) bond motifs is 1. The molecular weight excluding hydrogens is 436 g/mol. The smallest absolute Gasteiger partial charge is 0.345 e. The van der Waals surface area contributed by atoms with Crippen LogP contribution in [0, 0.1) is 10.1 Å². The molecule has 1 amide bonds. The number of non-ortho nitro benzene ring substituents is 1. The van der Waals surface area contributed by atoms with Crippen molar-refractivity contribution in [3.8, 4) is 16.9 Å². The molecule has 2 heterocycles. The van der Waals surface area contributed by atoms with Crippen LogP contribution in [0.15, 0.2) is 100 Å². The highest BCUT2D eigenvalue weighted by Gasteiger charge is 2.22. The Labute approximate surface area is 192 Å². The summed E-state index contributed by atoms with van der Waals surface area (Å²) in [7, 11) is 0. The van der Waals surface area contributed by atoms with E-state index in [1.54, 1.807) is 24.3 Å². The van der Waals surface area contributed by atoms with Gasteiger partial charge in [0, 0.05) is 29.4 Å². The van der Waals surface area contributed by atoms with Crippen LogP contribution in [0.1, 0.15) is 10.4 Å². The number of nitrogens with one attached hydrogen (secondary N) is 1. The van der Waals surface area contributed by atoms with Gasteiger partial charge in [-0.3, -0.25) is 14.9 Å². The molecule has 0 unspecified atom stereocenters. The second-order valence-corrected chi connectivity index (χ2v) is 7.41. The predicted octanol–water partition coefficient (Wildman–Crippen LogP) is 4.81. The third-order valence-corrected chi connectivity index (χ3v) is 5.21. The Balaban J connectivity index is 1.60. The molecule has 1 N–H and O–H groups in total. The summed E-state index contributed by atoms with van der Waals surface area (Å²) in [6, 6.07) is 23.3. The van der Waals surface area contributed by atoms with E-state index in [9.17, 15) is 19.7 Å². The number of carbonyl (C=O) groups is 1. The zero-order chi connectivity index (χ0) is 23.7. The topological polar surface area (TPSA) is 120 Å². The molecule has 0 saturated heterocycles. The van der Waals surface area contributed by atoms with E-state index >= 15 is 0 Å². The maximum Gasteiger partial charge on any atom is 0.345 e. The lowest BCUT2D eigenvalue weighted by Gasteiger charge is -2.05. The second-order valence-electron chi connectivity index (χ2n) is 7.41. The number of nitro groups is 1. The Kier molecular flexibility index (Phi) is 5.19. The van der Waals surface area contributed by atoms with Gasteiger partial charge >= 0.3 is 5.63 Å². The number of hydrogen-bond acceptors (Lipinski definition) is 6. The molecule has 0 aliphatic rings. The van der Waals surface area contributed by atoms with Gasteiger partial charge in [-0.1, -0.05) is 36.4 Å². The van der Waals surface area contributed by atoms with E-state index in [1.165, 1.54) is 35.1 Å². The first-order valence-electron chi connectivity index (χ1n) is 10.2. The van der Waals surface area contributed by atoms with Crippen molar-refractivity contribution in [2.45, 2.75) is 0 Å². The van der Waals surface area contributed by atoms with Crippen LogP contribution in [-0.2, 0) is 0 Å². The van der Waals surface area contributed by atoms with Crippen molar-refractivity contribution < 1.29 is 14.1 Å². The van der Waals surface area contributed by atoms with E-state index in [-0.39, 0.29) is 22.5 Å². The lowest BCUT2D eigenvalue weighted by molar-refractivity contribution is -0.384. The molecule has 0 spiro atoms. The van der Waals surface area contributed by atoms with Crippen LogP contribution in [-0.4, -0.2) is 20.6 Å². The molecule has 0 saturated carbocycles. The number of para-hydroxylation sites is 2. The number of carbonyl (C=O) groups excluding carboxylic acids is 1. The molecular formula is C25H16N4O5. The molecule has 9 heteroatoms. The van der Waals surface area contributed by atoms with Crippen molar-refractivity contribution in [3.05, 3.63) is 117 Å². The number of amides is 1. The molecule has 5 rings (SSSR count). The Hall–Kier alpha value is -5.05. The summed E-state index contributed by atoms with van der Waals surface area (Å²) in [5.41, 5.74) is 1.21. The molecule has 0 fully saturated rings.